The summed E-state index contributed by atoms with van der Waals surface area (Å²) in [6, 6.07) is 0. The second kappa shape index (κ2) is 9.00. The molecule has 0 nitrogen and oxygen atoms in total. The fourth-order valence-electron chi connectivity index (χ4n) is 1.59. The van der Waals surface area contributed by atoms with Gasteiger partial charge in [-0.3, -0.25) is 0 Å². The van der Waals surface area contributed by atoms with Crippen LogP contribution in [0, 0.1) is 11.8 Å². The van der Waals surface area contributed by atoms with Crippen LogP contribution in [0.3, 0.4) is 0 Å². The fraction of sp³-hybridized carbons (Fsp3) is 1.00. The summed E-state index contributed by atoms with van der Waals surface area (Å²) in [5, 5.41) is 0. The van der Waals surface area contributed by atoms with E-state index in [-0.39, 0.29) is 0 Å². The Labute approximate surface area is 87.1 Å². The molecule has 0 N–H and O–H groups in total. The second-order valence-electron chi connectivity index (χ2n) is 4.39. The van der Waals surface area contributed by atoms with Crippen molar-refractivity contribution in [3.63, 3.8) is 0 Å². The quantitative estimate of drug-likeness (QED) is 0.402. The van der Waals surface area contributed by atoms with Crippen molar-refractivity contribution in [2.24, 2.45) is 11.8 Å². The molecule has 0 fully saturated rings. The maximum absolute atomic E-state index is 2.86. The maximum Gasteiger partial charge on any atom is -0.0353 e. The van der Waals surface area contributed by atoms with E-state index in [1.165, 1.54) is 44.7 Å². The molecule has 0 aliphatic heterocycles. The Bertz CT molecular complexity index is 101. The average Bonchev–Trinajstić information content (AvgIpc) is 2.16. The van der Waals surface area contributed by atoms with Gasteiger partial charge >= 0.3 is 0 Å². The minimum atomic E-state index is 0.885. The van der Waals surface area contributed by atoms with Gasteiger partial charge in [0.2, 0.25) is 0 Å². The molecule has 0 saturated carbocycles. The Morgan fingerprint density at radius 3 is 2.08 bits per heavy atom. The van der Waals surface area contributed by atoms with Crippen LogP contribution in [0.4, 0.5) is 0 Å². The SMILES string of the molecule is CCCCCCCC(C)[C@H](C)CP. The standard InChI is InChI=1S/C12H27P/c1-4-5-6-7-8-9-11(2)12(3)10-13/h11-12H,4-10,13H2,1-3H3/t11?,12-/m1/s1. The Hall–Kier alpha value is 0.430. The molecule has 0 aliphatic rings. The third kappa shape index (κ3) is 7.50. The highest BCUT2D eigenvalue weighted by atomic mass is 31.0. The topological polar surface area (TPSA) is 0 Å². The van der Waals surface area contributed by atoms with Crippen LogP contribution in [0.5, 0.6) is 0 Å². The first-order valence-electron chi connectivity index (χ1n) is 5.92. The monoisotopic (exact) mass is 202 g/mol. The van der Waals surface area contributed by atoms with Crippen molar-refractivity contribution in [1.82, 2.24) is 0 Å². The van der Waals surface area contributed by atoms with E-state index in [0.29, 0.717) is 0 Å². The van der Waals surface area contributed by atoms with Crippen molar-refractivity contribution in [3.8, 4) is 0 Å². The van der Waals surface area contributed by atoms with E-state index in [1.807, 2.05) is 0 Å². The van der Waals surface area contributed by atoms with Crippen LogP contribution in [-0.2, 0) is 0 Å². The molecule has 0 spiro atoms. The van der Waals surface area contributed by atoms with Crippen LogP contribution in [-0.4, -0.2) is 6.16 Å². The van der Waals surface area contributed by atoms with Crippen molar-refractivity contribution in [1.29, 1.82) is 0 Å². The molecule has 1 heteroatoms. The smallest absolute Gasteiger partial charge is 0.0353 e. The lowest BCUT2D eigenvalue weighted by Crippen LogP contribution is -2.08. The molecule has 3 atom stereocenters. The van der Waals surface area contributed by atoms with E-state index in [0.717, 1.165) is 11.8 Å². The van der Waals surface area contributed by atoms with Gasteiger partial charge < -0.3 is 0 Å². The average molecular weight is 202 g/mol. The summed E-state index contributed by atoms with van der Waals surface area (Å²) in [6.07, 6.45) is 9.80. The highest BCUT2D eigenvalue weighted by Crippen LogP contribution is 2.20. The van der Waals surface area contributed by atoms with Crippen molar-refractivity contribution >= 4 is 9.24 Å². The van der Waals surface area contributed by atoms with Gasteiger partial charge in [-0.25, -0.2) is 0 Å². The molecule has 13 heavy (non-hydrogen) atoms. The Morgan fingerprint density at radius 2 is 1.54 bits per heavy atom. The molecule has 80 valence electrons. The van der Waals surface area contributed by atoms with Gasteiger partial charge in [-0.15, -0.1) is 9.24 Å². The summed E-state index contributed by atoms with van der Waals surface area (Å²) in [4.78, 5) is 0. The van der Waals surface area contributed by atoms with Crippen LogP contribution < -0.4 is 0 Å². The zero-order valence-electron chi connectivity index (χ0n) is 9.68. The minimum Gasteiger partial charge on any atom is -0.137 e. The molecule has 0 radical (unpaired) electrons. The van der Waals surface area contributed by atoms with E-state index < -0.39 is 0 Å². The lowest BCUT2D eigenvalue weighted by Gasteiger charge is -2.17. The van der Waals surface area contributed by atoms with Gasteiger partial charge in [0, 0.05) is 0 Å². The summed E-state index contributed by atoms with van der Waals surface area (Å²) in [6.45, 7) is 7.04. The Balaban J connectivity index is 3.21. The lowest BCUT2D eigenvalue weighted by molar-refractivity contribution is 0.380. The number of hydrogen-bond donors (Lipinski definition) is 0. The molecule has 0 aromatic rings. The van der Waals surface area contributed by atoms with Crippen LogP contribution in [0.25, 0.3) is 0 Å². The van der Waals surface area contributed by atoms with E-state index in [1.54, 1.807) is 0 Å². The molecule has 0 aliphatic carbocycles. The predicted molar refractivity (Wildman–Crippen MR) is 66.3 cm³/mol. The Morgan fingerprint density at radius 1 is 0.923 bits per heavy atom. The van der Waals surface area contributed by atoms with Gasteiger partial charge in [0.15, 0.2) is 0 Å². The van der Waals surface area contributed by atoms with Gasteiger partial charge in [0.05, 0.1) is 0 Å². The van der Waals surface area contributed by atoms with Gasteiger partial charge in [0.25, 0.3) is 0 Å². The zero-order valence-corrected chi connectivity index (χ0v) is 10.8. The van der Waals surface area contributed by atoms with E-state index in [4.69, 9.17) is 0 Å². The first kappa shape index (κ1) is 13.4. The Kier molecular flexibility index (Phi) is 9.30. The van der Waals surface area contributed by atoms with Gasteiger partial charge in [-0.2, -0.15) is 0 Å². The molecule has 0 bridgehead atoms. The van der Waals surface area contributed by atoms with Crippen LogP contribution >= 0.6 is 9.24 Å². The summed E-state index contributed by atoms with van der Waals surface area (Å²) >= 11 is 0. The first-order chi connectivity index (χ1) is 6.22. The van der Waals surface area contributed by atoms with Crippen LogP contribution in [0.2, 0.25) is 0 Å². The molecule has 0 heterocycles. The van der Waals surface area contributed by atoms with E-state index in [2.05, 4.69) is 30.0 Å². The normalized spacial score (nSPS) is 15.7. The van der Waals surface area contributed by atoms with E-state index >= 15 is 0 Å². The van der Waals surface area contributed by atoms with Crippen LogP contribution in [0.1, 0.15) is 59.3 Å². The molecule has 0 saturated heterocycles. The summed E-state index contributed by atoms with van der Waals surface area (Å²) in [5.74, 6) is 1.80. The van der Waals surface area contributed by atoms with Crippen molar-refractivity contribution < 1.29 is 0 Å². The highest BCUT2D eigenvalue weighted by molar-refractivity contribution is 7.16. The summed E-state index contributed by atoms with van der Waals surface area (Å²) in [5.41, 5.74) is 0. The third-order valence-corrected chi connectivity index (χ3v) is 3.85. The van der Waals surface area contributed by atoms with Crippen molar-refractivity contribution in [2.75, 3.05) is 6.16 Å². The van der Waals surface area contributed by atoms with E-state index in [9.17, 15) is 0 Å². The molecular formula is C12H27P. The molecule has 0 amide bonds. The first-order valence-corrected chi connectivity index (χ1v) is 6.74. The van der Waals surface area contributed by atoms with Crippen LogP contribution in [0.15, 0.2) is 0 Å². The molecule has 0 aromatic carbocycles. The largest absolute Gasteiger partial charge is 0.137 e. The maximum atomic E-state index is 2.86. The zero-order chi connectivity index (χ0) is 10.1. The molecular weight excluding hydrogens is 175 g/mol. The highest BCUT2D eigenvalue weighted by Gasteiger charge is 2.08. The molecule has 2 unspecified atom stereocenters. The predicted octanol–water partition coefficient (Wildman–Crippen LogP) is 4.49. The van der Waals surface area contributed by atoms with Crippen molar-refractivity contribution in [2.45, 2.75) is 59.3 Å². The van der Waals surface area contributed by atoms with Gasteiger partial charge in [0.1, 0.15) is 0 Å². The lowest BCUT2D eigenvalue weighted by atomic mass is 9.92. The molecule has 0 rings (SSSR count). The number of hydrogen-bond acceptors (Lipinski definition) is 0. The second-order valence-corrected chi connectivity index (χ2v) is 4.86. The summed E-state index contributed by atoms with van der Waals surface area (Å²) < 4.78 is 0. The number of unbranched alkanes of at least 4 members (excludes halogenated alkanes) is 4. The van der Waals surface area contributed by atoms with Gasteiger partial charge in [-0.05, 0) is 18.0 Å². The fourth-order valence-corrected chi connectivity index (χ4v) is 2.05. The van der Waals surface area contributed by atoms with Crippen molar-refractivity contribution in [3.05, 3.63) is 0 Å². The molecule has 0 aromatic heterocycles. The number of rotatable bonds is 8. The third-order valence-electron chi connectivity index (χ3n) is 3.11. The van der Waals surface area contributed by atoms with Gasteiger partial charge in [-0.1, -0.05) is 59.3 Å². The summed E-state index contributed by atoms with van der Waals surface area (Å²) in [7, 11) is 2.86. The minimum absolute atomic E-state index is 0.885.